The van der Waals surface area contributed by atoms with Gasteiger partial charge in [-0.3, -0.25) is 4.79 Å². The fourth-order valence-corrected chi connectivity index (χ4v) is 1.78. The first kappa shape index (κ1) is 16.4. The smallest absolute Gasteiger partial charge is 0.237 e. The summed E-state index contributed by atoms with van der Waals surface area (Å²) in [5.41, 5.74) is 0. The number of hydrogen-bond acceptors (Lipinski definition) is 2. The molecule has 0 saturated carbocycles. The van der Waals surface area contributed by atoms with Crippen LogP contribution in [0.4, 0.5) is 0 Å². The summed E-state index contributed by atoms with van der Waals surface area (Å²) in [7, 11) is 0. The molecule has 0 fully saturated rings. The zero-order valence-electron chi connectivity index (χ0n) is 12.0. The number of amides is 1. The predicted molar refractivity (Wildman–Crippen MR) is 74.1 cm³/mol. The number of unbranched alkanes of at least 4 members (excludes halogenated alkanes) is 3. The highest BCUT2D eigenvalue weighted by atomic mass is 16.2. The van der Waals surface area contributed by atoms with Crippen LogP contribution in [0.3, 0.4) is 0 Å². The van der Waals surface area contributed by atoms with Crippen LogP contribution in [0.1, 0.15) is 66.2 Å². The maximum Gasteiger partial charge on any atom is 0.237 e. The summed E-state index contributed by atoms with van der Waals surface area (Å²) in [5, 5.41) is 6.35. The molecule has 0 bridgehead atoms. The molecular formula is C14H30N2O. The number of carbonyl (C=O) groups is 1. The Bertz CT molecular complexity index is 191. The minimum Gasteiger partial charge on any atom is -0.352 e. The summed E-state index contributed by atoms with van der Waals surface area (Å²) in [4.78, 5) is 11.8. The second-order valence-electron chi connectivity index (χ2n) is 4.76. The van der Waals surface area contributed by atoms with Crippen LogP contribution in [-0.4, -0.2) is 24.5 Å². The Labute approximate surface area is 107 Å². The Balaban J connectivity index is 3.66. The topological polar surface area (TPSA) is 41.1 Å². The molecule has 1 amide bonds. The van der Waals surface area contributed by atoms with Gasteiger partial charge >= 0.3 is 0 Å². The molecule has 0 radical (unpaired) electrons. The van der Waals surface area contributed by atoms with Crippen molar-refractivity contribution in [3.05, 3.63) is 0 Å². The average Bonchev–Trinajstić information content (AvgIpc) is 2.35. The summed E-state index contributed by atoms with van der Waals surface area (Å²) in [6, 6.07) is 0.254. The first-order valence-corrected chi connectivity index (χ1v) is 7.19. The zero-order valence-corrected chi connectivity index (χ0v) is 12.0. The van der Waals surface area contributed by atoms with Crippen LogP contribution >= 0.6 is 0 Å². The van der Waals surface area contributed by atoms with Crippen molar-refractivity contribution in [3.8, 4) is 0 Å². The van der Waals surface area contributed by atoms with Crippen LogP contribution < -0.4 is 10.6 Å². The monoisotopic (exact) mass is 242 g/mol. The van der Waals surface area contributed by atoms with Gasteiger partial charge < -0.3 is 10.6 Å². The van der Waals surface area contributed by atoms with Crippen molar-refractivity contribution < 1.29 is 4.79 Å². The van der Waals surface area contributed by atoms with E-state index < -0.39 is 0 Å². The van der Waals surface area contributed by atoms with Crippen LogP contribution in [0.5, 0.6) is 0 Å². The minimum absolute atomic E-state index is 0.0720. The molecule has 0 aromatic rings. The summed E-state index contributed by atoms with van der Waals surface area (Å²) >= 11 is 0. The fourth-order valence-electron chi connectivity index (χ4n) is 1.78. The molecule has 0 saturated heterocycles. The van der Waals surface area contributed by atoms with E-state index in [0.717, 1.165) is 25.8 Å². The van der Waals surface area contributed by atoms with Gasteiger partial charge in [-0.2, -0.15) is 0 Å². The van der Waals surface area contributed by atoms with Crippen molar-refractivity contribution in [1.82, 2.24) is 10.6 Å². The minimum atomic E-state index is -0.0720. The van der Waals surface area contributed by atoms with Crippen LogP contribution in [-0.2, 0) is 4.79 Å². The van der Waals surface area contributed by atoms with Gasteiger partial charge in [0.15, 0.2) is 0 Å². The van der Waals surface area contributed by atoms with Crippen molar-refractivity contribution in [2.45, 2.75) is 78.3 Å². The molecule has 1 atom stereocenters. The SMILES string of the molecule is CCCCCCNC(C)C(=O)NC(CC)CC. The Morgan fingerprint density at radius 3 is 2.24 bits per heavy atom. The third-order valence-corrected chi connectivity index (χ3v) is 3.21. The van der Waals surface area contributed by atoms with Gasteiger partial charge in [-0.05, 0) is 32.7 Å². The van der Waals surface area contributed by atoms with Gasteiger partial charge in [0.1, 0.15) is 0 Å². The predicted octanol–water partition coefficient (Wildman–Crippen LogP) is 2.85. The summed E-state index contributed by atoms with van der Waals surface area (Å²) in [6.07, 6.45) is 6.97. The number of hydrogen-bond donors (Lipinski definition) is 2. The molecule has 0 aliphatic rings. The van der Waals surface area contributed by atoms with Crippen molar-refractivity contribution in [1.29, 1.82) is 0 Å². The lowest BCUT2D eigenvalue weighted by Gasteiger charge is -2.19. The average molecular weight is 242 g/mol. The quantitative estimate of drug-likeness (QED) is 0.578. The molecular weight excluding hydrogens is 212 g/mol. The van der Waals surface area contributed by atoms with E-state index in [1.54, 1.807) is 0 Å². The van der Waals surface area contributed by atoms with Gasteiger partial charge in [-0.15, -0.1) is 0 Å². The largest absolute Gasteiger partial charge is 0.352 e. The van der Waals surface area contributed by atoms with Gasteiger partial charge in [-0.1, -0.05) is 40.0 Å². The Morgan fingerprint density at radius 2 is 1.71 bits per heavy atom. The number of carbonyl (C=O) groups excluding carboxylic acids is 1. The van der Waals surface area contributed by atoms with Gasteiger partial charge in [-0.25, -0.2) is 0 Å². The van der Waals surface area contributed by atoms with Crippen molar-refractivity contribution in [3.63, 3.8) is 0 Å². The summed E-state index contributed by atoms with van der Waals surface area (Å²) in [6.45, 7) is 9.31. The molecule has 3 nitrogen and oxygen atoms in total. The molecule has 3 heteroatoms. The fraction of sp³-hybridized carbons (Fsp3) is 0.929. The second-order valence-corrected chi connectivity index (χ2v) is 4.76. The maximum absolute atomic E-state index is 11.8. The first-order chi connectivity index (χ1) is 8.15. The highest BCUT2D eigenvalue weighted by Gasteiger charge is 2.14. The third-order valence-electron chi connectivity index (χ3n) is 3.21. The molecule has 0 aromatic heterocycles. The van der Waals surface area contributed by atoms with Crippen LogP contribution in [0, 0.1) is 0 Å². The third kappa shape index (κ3) is 8.19. The van der Waals surface area contributed by atoms with Crippen LogP contribution in [0.2, 0.25) is 0 Å². The molecule has 102 valence electrons. The Hall–Kier alpha value is -0.570. The van der Waals surface area contributed by atoms with Crippen molar-refractivity contribution in [2.75, 3.05) is 6.54 Å². The van der Waals surface area contributed by atoms with Crippen molar-refractivity contribution in [2.24, 2.45) is 0 Å². The van der Waals surface area contributed by atoms with E-state index >= 15 is 0 Å². The van der Waals surface area contributed by atoms with E-state index in [1.165, 1.54) is 19.3 Å². The van der Waals surface area contributed by atoms with E-state index in [9.17, 15) is 4.79 Å². The van der Waals surface area contributed by atoms with Gasteiger partial charge in [0, 0.05) is 6.04 Å². The summed E-state index contributed by atoms with van der Waals surface area (Å²) in [5.74, 6) is 0.134. The Kier molecular flexibility index (Phi) is 10.2. The summed E-state index contributed by atoms with van der Waals surface area (Å²) < 4.78 is 0. The van der Waals surface area contributed by atoms with E-state index in [0.29, 0.717) is 6.04 Å². The van der Waals surface area contributed by atoms with Crippen LogP contribution in [0.25, 0.3) is 0 Å². The van der Waals surface area contributed by atoms with E-state index in [-0.39, 0.29) is 11.9 Å². The lowest BCUT2D eigenvalue weighted by Crippen LogP contribution is -2.46. The molecule has 0 aromatic carbocycles. The molecule has 0 aliphatic heterocycles. The van der Waals surface area contributed by atoms with E-state index in [4.69, 9.17) is 0 Å². The molecule has 0 rings (SSSR count). The molecule has 0 spiro atoms. The molecule has 2 N–H and O–H groups in total. The maximum atomic E-state index is 11.8. The Morgan fingerprint density at radius 1 is 1.06 bits per heavy atom. The number of nitrogens with one attached hydrogen (secondary N) is 2. The highest BCUT2D eigenvalue weighted by Crippen LogP contribution is 1.99. The van der Waals surface area contributed by atoms with Gasteiger partial charge in [0.2, 0.25) is 5.91 Å². The molecule has 0 aliphatic carbocycles. The lowest BCUT2D eigenvalue weighted by atomic mass is 10.1. The standard InChI is InChI=1S/C14H30N2O/c1-5-8-9-10-11-15-12(4)14(17)16-13(6-2)7-3/h12-13,15H,5-11H2,1-4H3,(H,16,17). The molecule has 17 heavy (non-hydrogen) atoms. The van der Waals surface area contributed by atoms with Crippen LogP contribution in [0.15, 0.2) is 0 Å². The molecule has 1 unspecified atom stereocenters. The molecule has 0 heterocycles. The highest BCUT2D eigenvalue weighted by molar-refractivity contribution is 5.81. The normalized spacial score (nSPS) is 12.8. The zero-order chi connectivity index (χ0) is 13.1. The lowest BCUT2D eigenvalue weighted by molar-refractivity contribution is -0.123. The second kappa shape index (κ2) is 10.6. The first-order valence-electron chi connectivity index (χ1n) is 7.19. The van der Waals surface area contributed by atoms with E-state index in [2.05, 4.69) is 31.4 Å². The van der Waals surface area contributed by atoms with Gasteiger partial charge in [0.05, 0.1) is 6.04 Å². The van der Waals surface area contributed by atoms with Crippen molar-refractivity contribution >= 4 is 5.91 Å². The van der Waals surface area contributed by atoms with E-state index in [1.807, 2.05) is 6.92 Å². The number of rotatable bonds is 10. The van der Waals surface area contributed by atoms with Gasteiger partial charge in [0.25, 0.3) is 0 Å².